The number of aromatic nitrogens is 2. The van der Waals surface area contributed by atoms with Crippen LogP contribution in [0.15, 0.2) is 28.3 Å². The molecular formula is C20H25N3O4S2. The van der Waals surface area contributed by atoms with Gasteiger partial charge in [-0.3, -0.25) is 9.59 Å². The van der Waals surface area contributed by atoms with Crippen LogP contribution in [0.1, 0.15) is 58.8 Å². The molecule has 1 atom stereocenters. The smallest absolute Gasteiger partial charge is 0.244 e. The normalized spacial score (nSPS) is 16.1. The maximum atomic E-state index is 12.9. The average molecular weight is 436 g/mol. The first-order chi connectivity index (χ1) is 13.6. The van der Waals surface area contributed by atoms with Crippen molar-refractivity contribution in [3.63, 3.8) is 0 Å². The Kier molecular flexibility index (Phi) is 6.30. The minimum absolute atomic E-state index is 0.0768. The fourth-order valence-corrected chi connectivity index (χ4v) is 5.94. The van der Waals surface area contributed by atoms with Crippen LogP contribution in [-0.4, -0.2) is 52.6 Å². The molecule has 2 aromatic rings. The highest BCUT2D eigenvalue weighted by molar-refractivity contribution is 8.00. The number of rotatable bonds is 7. The second-order valence-corrected chi connectivity index (χ2v) is 10.5. The van der Waals surface area contributed by atoms with Crippen LogP contribution < -0.4 is 0 Å². The van der Waals surface area contributed by atoms with Crippen LogP contribution in [-0.2, 0) is 10.0 Å². The van der Waals surface area contributed by atoms with E-state index in [4.69, 9.17) is 0 Å². The molecule has 0 aliphatic carbocycles. The molecule has 3 heterocycles. The first-order valence-electron chi connectivity index (χ1n) is 9.50. The fourth-order valence-electron chi connectivity index (χ4n) is 3.63. The molecule has 0 bridgehead atoms. The molecular weight excluding hydrogens is 410 g/mol. The highest BCUT2D eigenvalue weighted by Gasteiger charge is 2.28. The lowest BCUT2D eigenvalue weighted by Crippen LogP contribution is -2.27. The Balaban J connectivity index is 1.74. The van der Waals surface area contributed by atoms with Crippen molar-refractivity contribution >= 4 is 33.4 Å². The van der Waals surface area contributed by atoms with Crippen LogP contribution >= 0.6 is 11.8 Å². The molecule has 1 aliphatic rings. The van der Waals surface area contributed by atoms with E-state index in [2.05, 4.69) is 9.97 Å². The van der Waals surface area contributed by atoms with Gasteiger partial charge in [0, 0.05) is 30.5 Å². The van der Waals surface area contributed by atoms with Gasteiger partial charge in [0.2, 0.25) is 10.0 Å². The van der Waals surface area contributed by atoms with E-state index in [0.717, 1.165) is 12.8 Å². The summed E-state index contributed by atoms with van der Waals surface area (Å²) in [5, 5.41) is 0.124. The second-order valence-electron chi connectivity index (χ2n) is 7.25. The third-order valence-electron chi connectivity index (χ3n) is 5.11. The van der Waals surface area contributed by atoms with Crippen molar-refractivity contribution in [2.45, 2.75) is 55.7 Å². The average Bonchev–Trinajstić information content (AvgIpc) is 3.30. The molecule has 0 saturated carbocycles. The van der Waals surface area contributed by atoms with E-state index < -0.39 is 15.3 Å². The molecule has 7 nitrogen and oxygen atoms in total. The number of aryl methyl sites for hydroxylation is 1. The molecule has 1 fully saturated rings. The number of Topliss-reactive ketones (excluding diaryl/α,β-unsaturated/α-hetero) is 2. The van der Waals surface area contributed by atoms with Crippen molar-refractivity contribution in [2.75, 3.05) is 13.1 Å². The molecule has 3 rings (SSSR count). The van der Waals surface area contributed by atoms with Gasteiger partial charge in [0.1, 0.15) is 4.90 Å². The number of H-pyrrole nitrogens is 1. The van der Waals surface area contributed by atoms with E-state index in [1.165, 1.54) is 35.3 Å². The molecule has 9 heteroatoms. The van der Waals surface area contributed by atoms with Crippen molar-refractivity contribution < 1.29 is 18.0 Å². The minimum atomic E-state index is -3.50. The highest BCUT2D eigenvalue weighted by atomic mass is 32.2. The predicted octanol–water partition coefficient (Wildman–Crippen LogP) is 3.38. The molecule has 0 aromatic carbocycles. The number of nitrogens with zero attached hydrogens (tertiary/aromatic N) is 2. The highest BCUT2D eigenvalue weighted by Crippen LogP contribution is 2.28. The van der Waals surface area contributed by atoms with Gasteiger partial charge in [-0.2, -0.15) is 4.31 Å². The fraction of sp³-hybridized carbons (Fsp3) is 0.450. The summed E-state index contributed by atoms with van der Waals surface area (Å²) in [5.74, 6) is -0.203. The summed E-state index contributed by atoms with van der Waals surface area (Å²) < 4.78 is 26.6. The number of thioether (sulfide) groups is 1. The molecule has 0 spiro atoms. The standard InChI is InChI=1S/C20H25N3O4S2/c1-12-18(14(3)24)13(2)22-19(12)20(25)15(4)28-17-8-7-16(11-21-17)29(26,27)23-9-5-6-10-23/h7-8,11,15,22H,5-6,9-10H2,1-4H3/t15-/m0/s1. The van der Waals surface area contributed by atoms with E-state index in [9.17, 15) is 18.0 Å². The molecule has 0 amide bonds. The SMILES string of the molecule is CC(=O)c1c(C)[nH]c(C(=O)[C@H](C)Sc2ccc(S(=O)(=O)N3CCCC3)cn2)c1C. The molecule has 1 N–H and O–H groups in total. The third-order valence-corrected chi connectivity index (χ3v) is 8.05. The monoisotopic (exact) mass is 435 g/mol. The van der Waals surface area contributed by atoms with Crippen molar-refractivity contribution in [1.82, 2.24) is 14.3 Å². The summed E-state index contributed by atoms with van der Waals surface area (Å²) in [5.41, 5.74) is 2.33. The van der Waals surface area contributed by atoms with Crippen molar-refractivity contribution in [3.8, 4) is 0 Å². The van der Waals surface area contributed by atoms with E-state index in [0.29, 0.717) is 40.6 Å². The number of carbonyl (C=O) groups excluding carboxylic acids is 2. The van der Waals surface area contributed by atoms with Crippen LogP contribution in [0.25, 0.3) is 0 Å². The third kappa shape index (κ3) is 4.31. The Hall–Kier alpha value is -1.97. The largest absolute Gasteiger partial charge is 0.355 e. The van der Waals surface area contributed by atoms with E-state index >= 15 is 0 Å². The topological polar surface area (TPSA) is 100 Å². The Labute approximate surface area is 175 Å². The van der Waals surface area contributed by atoms with E-state index in [1.54, 1.807) is 26.8 Å². The van der Waals surface area contributed by atoms with Crippen LogP contribution in [0, 0.1) is 13.8 Å². The Morgan fingerprint density at radius 3 is 2.38 bits per heavy atom. The molecule has 1 saturated heterocycles. The van der Waals surface area contributed by atoms with Gasteiger partial charge in [0.05, 0.1) is 16.0 Å². The van der Waals surface area contributed by atoms with Crippen LogP contribution in [0.4, 0.5) is 0 Å². The number of ketones is 2. The Morgan fingerprint density at radius 2 is 1.86 bits per heavy atom. The van der Waals surface area contributed by atoms with Gasteiger partial charge in [-0.1, -0.05) is 11.8 Å². The number of carbonyl (C=O) groups is 2. The number of hydrogen-bond donors (Lipinski definition) is 1. The maximum absolute atomic E-state index is 12.9. The second kappa shape index (κ2) is 8.41. The zero-order valence-corrected chi connectivity index (χ0v) is 18.6. The number of aromatic amines is 1. The molecule has 29 heavy (non-hydrogen) atoms. The van der Waals surface area contributed by atoms with Gasteiger partial charge >= 0.3 is 0 Å². The first-order valence-corrected chi connectivity index (χ1v) is 11.8. The van der Waals surface area contributed by atoms with Gasteiger partial charge in [-0.05, 0) is 58.2 Å². The maximum Gasteiger partial charge on any atom is 0.244 e. The summed E-state index contributed by atoms with van der Waals surface area (Å²) in [7, 11) is -3.50. The van der Waals surface area contributed by atoms with Gasteiger partial charge in [0.25, 0.3) is 0 Å². The molecule has 0 unspecified atom stereocenters. The van der Waals surface area contributed by atoms with Crippen molar-refractivity contribution in [1.29, 1.82) is 0 Å². The molecule has 1 aliphatic heterocycles. The summed E-state index contributed by atoms with van der Waals surface area (Å²) in [4.78, 5) is 32.1. The first kappa shape index (κ1) is 21.7. The summed E-state index contributed by atoms with van der Waals surface area (Å²) in [6, 6.07) is 3.17. The van der Waals surface area contributed by atoms with Crippen LogP contribution in [0.5, 0.6) is 0 Å². The lowest BCUT2D eigenvalue weighted by molar-refractivity contribution is 0.0988. The van der Waals surface area contributed by atoms with Gasteiger partial charge in [-0.15, -0.1) is 0 Å². The van der Waals surface area contributed by atoms with Crippen LogP contribution in [0.3, 0.4) is 0 Å². The van der Waals surface area contributed by atoms with E-state index in [-0.39, 0.29) is 16.5 Å². The molecule has 2 aromatic heterocycles. The van der Waals surface area contributed by atoms with Crippen molar-refractivity contribution in [2.24, 2.45) is 0 Å². The van der Waals surface area contributed by atoms with Crippen molar-refractivity contribution in [3.05, 3.63) is 40.8 Å². The lowest BCUT2D eigenvalue weighted by Gasteiger charge is -2.15. The zero-order valence-electron chi connectivity index (χ0n) is 17.0. The molecule has 156 valence electrons. The summed E-state index contributed by atoms with van der Waals surface area (Å²) in [6.07, 6.45) is 3.11. The number of nitrogens with one attached hydrogen (secondary N) is 1. The Morgan fingerprint density at radius 1 is 1.21 bits per heavy atom. The Bertz CT molecular complexity index is 1040. The zero-order chi connectivity index (χ0) is 21.3. The van der Waals surface area contributed by atoms with Crippen LogP contribution in [0.2, 0.25) is 0 Å². The number of pyridine rings is 1. The van der Waals surface area contributed by atoms with Gasteiger partial charge < -0.3 is 4.98 Å². The van der Waals surface area contributed by atoms with Gasteiger partial charge in [-0.25, -0.2) is 13.4 Å². The van der Waals surface area contributed by atoms with Gasteiger partial charge in [0.15, 0.2) is 11.6 Å². The number of sulfonamides is 1. The lowest BCUT2D eigenvalue weighted by atomic mass is 10.0. The minimum Gasteiger partial charge on any atom is -0.355 e. The quantitative estimate of drug-likeness (QED) is 0.529. The number of hydrogen-bond acceptors (Lipinski definition) is 6. The summed E-state index contributed by atoms with van der Waals surface area (Å²) >= 11 is 1.26. The predicted molar refractivity (Wildman–Crippen MR) is 112 cm³/mol. The summed E-state index contributed by atoms with van der Waals surface area (Å²) in [6.45, 7) is 7.88. The molecule has 0 radical (unpaired) electrons. The van der Waals surface area contributed by atoms with E-state index in [1.807, 2.05) is 0 Å².